The van der Waals surface area contributed by atoms with Crippen molar-refractivity contribution in [2.24, 2.45) is 5.92 Å². The van der Waals surface area contributed by atoms with Gasteiger partial charge in [-0.15, -0.1) is 0 Å². The van der Waals surface area contributed by atoms with Gasteiger partial charge in [0, 0.05) is 17.6 Å². The summed E-state index contributed by atoms with van der Waals surface area (Å²) in [6.07, 6.45) is 0. The highest BCUT2D eigenvalue weighted by Crippen LogP contribution is 2.14. The van der Waals surface area contributed by atoms with Crippen molar-refractivity contribution in [3.05, 3.63) is 51.4 Å². The second-order valence-corrected chi connectivity index (χ2v) is 5.66. The van der Waals surface area contributed by atoms with Gasteiger partial charge in [-0.25, -0.2) is 0 Å². The zero-order valence-corrected chi connectivity index (χ0v) is 12.8. The van der Waals surface area contributed by atoms with E-state index < -0.39 is 0 Å². The summed E-state index contributed by atoms with van der Waals surface area (Å²) in [6, 6.07) is 7.97. The number of rotatable bonds is 5. The number of nitrogens with zero attached hydrogens (tertiary/aromatic N) is 2. The summed E-state index contributed by atoms with van der Waals surface area (Å²) >= 11 is 5.84. The molecule has 0 amide bonds. The Labute approximate surface area is 128 Å². The molecule has 1 aromatic heterocycles. The standard InChI is InChI=1S/C15H18ClN3O2/c1-10(2)8-17-9-13-14(20)7-15(21)19(18-13)12-5-3-11(16)4-6-12/h3-7,10,17,20H,8-9H2,1-2H3. The predicted octanol–water partition coefficient (Wildman–Crippen LogP) is 2.34. The molecule has 0 aliphatic carbocycles. The molecule has 0 radical (unpaired) electrons. The van der Waals surface area contributed by atoms with Gasteiger partial charge >= 0.3 is 0 Å². The van der Waals surface area contributed by atoms with E-state index in [0.717, 1.165) is 6.54 Å². The molecule has 6 heteroatoms. The fraction of sp³-hybridized carbons (Fsp3) is 0.333. The summed E-state index contributed by atoms with van der Waals surface area (Å²) in [4.78, 5) is 11.9. The van der Waals surface area contributed by atoms with E-state index in [9.17, 15) is 9.90 Å². The highest BCUT2D eigenvalue weighted by molar-refractivity contribution is 6.30. The largest absolute Gasteiger partial charge is 0.506 e. The first-order chi connectivity index (χ1) is 9.97. The number of benzene rings is 1. The zero-order chi connectivity index (χ0) is 15.4. The van der Waals surface area contributed by atoms with Crippen molar-refractivity contribution in [1.29, 1.82) is 0 Å². The Morgan fingerprint density at radius 1 is 1.33 bits per heavy atom. The monoisotopic (exact) mass is 307 g/mol. The van der Waals surface area contributed by atoms with Crippen LogP contribution < -0.4 is 10.9 Å². The minimum atomic E-state index is -0.387. The summed E-state index contributed by atoms with van der Waals surface area (Å²) in [5.41, 5.74) is 0.655. The predicted molar refractivity (Wildman–Crippen MR) is 83.1 cm³/mol. The Hall–Kier alpha value is -1.85. The molecule has 0 atom stereocenters. The van der Waals surface area contributed by atoms with Crippen molar-refractivity contribution < 1.29 is 5.11 Å². The maximum Gasteiger partial charge on any atom is 0.275 e. The summed E-state index contributed by atoms with van der Waals surface area (Å²) in [6.45, 7) is 5.39. The van der Waals surface area contributed by atoms with Crippen LogP contribution in [0.1, 0.15) is 19.5 Å². The van der Waals surface area contributed by atoms with Crippen LogP contribution in [-0.4, -0.2) is 21.4 Å². The van der Waals surface area contributed by atoms with Crippen molar-refractivity contribution in [2.75, 3.05) is 6.54 Å². The molecule has 0 unspecified atom stereocenters. The third kappa shape index (κ3) is 4.06. The first-order valence-corrected chi connectivity index (χ1v) is 7.14. The van der Waals surface area contributed by atoms with E-state index in [1.54, 1.807) is 24.3 Å². The molecule has 0 saturated heterocycles. The number of nitrogens with one attached hydrogen (secondary N) is 1. The smallest absolute Gasteiger partial charge is 0.275 e. The molecule has 2 aromatic rings. The number of aromatic hydroxyl groups is 1. The second-order valence-electron chi connectivity index (χ2n) is 5.23. The van der Waals surface area contributed by atoms with Crippen LogP contribution in [0.15, 0.2) is 35.1 Å². The van der Waals surface area contributed by atoms with Gasteiger partial charge in [0.05, 0.1) is 5.69 Å². The molecular formula is C15H18ClN3O2. The molecule has 2 N–H and O–H groups in total. The van der Waals surface area contributed by atoms with E-state index in [2.05, 4.69) is 24.3 Å². The lowest BCUT2D eigenvalue weighted by Gasteiger charge is -2.11. The summed E-state index contributed by atoms with van der Waals surface area (Å²) in [5.74, 6) is 0.399. The maximum atomic E-state index is 11.9. The minimum absolute atomic E-state index is 0.0959. The van der Waals surface area contributed by atoms with Gasteiger partial charge in [0.1, 0.15) is 11.4 Å². The first-order valence-electron chi connectivity index (χ1n) is 6.76. The first kappa shape index (κ1) is 15.5. The number of hydrogen-bond acceptors (Lipinski definition) is 4. The van der Waals surface area contributed by atoms with E-state index >= 15 is 0 Å². The molecular weight excluding hydrogens is 290 g/mol. The van der Waals surface area contributed by atoms with Crippen LogP contribution in [0.2, 0.25) is 5.02 Å². The summed E-state index contributed by atoms with van der Waals surface area (Å²) in [7, 11) is 0. The van der Waals surface area contributed by atoms with Crippen molar-refractivity contribution in [3.63, 3.8) is 0 Å². The SMILES string of the molecule is CC(C)CNCc1nn(-c2ccc(Cl)cc2)c(=O)cc1O. The molecule has 2 rings (SSSR count). The Morgan fingerprint density at radius 3 is 2.62 bits per heavy atom. The van der Waals surface area contributed by atoms with E-state index in [0.29, 0.717) is 28.9 Å². The normalized spacial score (nSPS) is 11.0. The second kappa shape index (κ2) is 6.74. The molecule has 0 aliphatic heterocycles. The van der Waals surface area contributed by atoms with Crippen LogP contribution in [0.25, 0.3) is 5.69 Å². The third-order valence-electron chi connectivity index (χ3n) is 2.90. The van der Waals surface area contributed by atoms with Crippen LogP contribution in [0.3, 0.4) is 0 Å². The molecule has 1 heterocycles. The van der Waals surface area contributed by atoms with Gasteiger partial charge in [0.2, 0.25) is 0 Å². The number of halogens is 1. The lowest BCUT2D eigenvalue weighted by Crippen LogP contribution is -2.25. The van der Waals surface area contributed by atoms with Crippen LogP contribution in [0, 0.1) is 5.92 Å². The van der Waals surface area contributed by atoms with Crippen molar-refractivity contribution in [3.8, 4) is 11.4 Å². The highest BCUT2D eigenvalue weighted by atomic mass is 35.5. The third-order valence-corrected chi connectivity index (χ3v) is 3.15. The Kier molecular flexibility index (Phi) is 4.98. The molecule has 0 saturated carbocycles. The highest BCUT2D eigenvalue weighted by Gasteiger charge is 2.09. The van der Waals surface area contributed by atoms with Crippen molar-refractivity contribution in [2.45, 2.75) is 20.4 Å². The van der Waals surface area contributed by atoms with E-state index in [-0.39, 0.29) is 11.3 Å². The van der Waals surface area contributed by atoms with E-state index in [4.69, 9.17) is 11.6 Å². The van der Waals surface area contributed by atoms with Gasteiger partial charge in [-0.2, -0.15) is 9.78 Å². The van der Waals surface area contributed by atoms with Crippen LogP contribution in [0.5, 0.6) is 5.75 Å². The van der Waals surface area contributed by atoms with Gasteiger partial charge in [-0.3, -0.25) is 4.79 Å². The fourth-order valence-corrected chi connectivity index (χ4v) is 1.98. The lowest BCUT2D eigenvalue weighted by atomic mass is 10.2. The van der Waals surface area contributed by atoms with Gasteiger partial charge in [0.15, 0.2) is 0 Å². The van der Waals surface area contributed by atoms with Gasteiger partial charge in [-0.1, -0.05) is 25.4 Å². The maximum absolute atomic E-state index is 11.9. The lowest BCUT2D eigenvalue weighted by molar-refractivity contribution is 0.447. The van der Waals surface area contributed by atoms with E-state index in [1.807, 2.05) is 0 Å². The van der Waals surface area contributed by atoms with Crippen molar-refractivity contribution >= 4 is 11.6 Å². The fourth-order valence-electron chi connectivity index (χ4n) is 1.86. The van der Waals surface area contributed by atoms with Crippen molar-refractivity contribution in [1.82, 2.24) is 15.1 Å². The van der Waals surface area contributed by atoms with Crippen LogP contribution in [-0.2, 0) is 6.54 Å². The molecule has 0 bridgehead atoms. The topological polar surface area (TPSA) is 67.2 Å². The van der Waals surface area contributed by atoms with Gasteiger partial charge in [-0.05, 0) is 36.7 Å². The number of hydrogen-bond donors (Lipinski definition) is 2. The molecule has 1 aromatic carbocycles. The van der Waals surface area contributed by atoms with E-state index in [1.165, 1.54) is 10.7 Å². The Balaban J connectivity index is 2.30. The Bertz CT molecular complexity index is 666. The van der Waals surface area contributed by atoms with Crippen LogP contribution >= 0.6 is 11.6 Å². The molecule has 112 valence electrons. The number of aromatic nitrogens is 2. The minimum Gasteiger partial charge on any atom is -0.506 e. The summed E-state index contributed by atoms with van der Waals surface area (Å²) < 4.78 is 1.25. The zero-order valence-electron chi connectivity index (χ0n) is 12.0. The molecule has 0 spiro atoms. The Morgan fingerprint density at radius 2 is 2.00 bits per heavy atom. The molecule has 21 heavy (non-hydrogen) atoms. The molecule has 5 nitrogen and oxygen atoms in total. The molecule has 0 fully saturated rings. The quantitative estimate of drug-likeness (QED) is 0.890. The average molecular weight is 308 g/mol. The van der Waals surface area contributed by atoms with Crippen LogP contribution in [0.4, 0.5) is 0 Å². The summed E-state index contributed by atoms with van der Waals surface area (Å²) in [5, 5.41) is 17.8. The molecule has 0 aliphatic rings. The van der Waals surface area contributed by atoms with Gasteiger partial charge in [0.25, 0.3) is 5.56 Å². The average Bonchev–Trinajstić information content (AvgIpc) is 2.42. The van der Waals surface area contributed by atoms with Gasteiger partial charge < -0.3 is 10.4 Å².